The van der Waals surface area contributed by atoms with Gasteiger partial charge in [0.1, 0.15) is 5.75 Å². The number of benzene rings is 3. The Morgan fingerprint density at radius 2 is 1.80 bits per heavy atom. The molecule has 0 aliphatic carbocycles. The number of fused-ring (bicyclic) bond motifs is 3. The summed E-state index contributed by atoms with van der Waals surface area (Å²) >= 11 is 0. The van der Waals surface area contributed by atoms with Crippen molar-refractivity contribution in [1.82, 2.24) is 0 Å². The minimum atomic E-state index is 0.972. The smallest absolute Gasteiger partial charge is 0.126 e. The second-order valence-electron chi connectivity index (χ2n) is 2.33. The van der Waals surface area contributed by atoms with E-state index in [1.807, 2.05) is 6.07 Å². The predicted molar refractivity (Wildman–Crippen MR) is 41.7 cm³/mol. The zero-order valence-corrected chi connectivity index (χ0v) is 5.79. The Labute approximate surface area is 59.6 Å². The Kier molecular flexibility index (Phi) is 1.04. The number of hydrogen-bond acceptors (Lipinski definition) is 1. The standard InChI is InChI=1S/C9H8O/c1-10-9-6-7-2-4-8(9)5-3-7/h2-6H,1H3. The first-order valence-corrected chi connectivity index (χ1v) is 3.26. The Bertz CT molecular complexity index is 307. The monoisotopic (exact) mass is 132 g/mol. The Balaban J connectivity index is 2.76. The lowest BCUT2D eigenvalue weighted by molar-refractivity contribution is 0.420. The van der Waals surface area contributed by atoms with Crippen LogP contribution < -0.4 is 4.74 Å². The maximum absolute atomic E-state index is 5.13. The van der Waals surface area contributed by atoms with Gasteiger partial charge in [-0.05, 0) is 11.5 Å². The highest BCUT2D eigenvalue weighted by Crippen LogP contribution is 2.24. The molecule has 0 atom stereocenters. The molecule has 0 N–H and O–H groups in total. The number of hydrogen-bond donors (Lipinski definition) is 0. The summed E-state index contributed by atoms with van der Waals surface area (Å²) in [6.07, 6.45) is 0. The molecule has 10 heavy (non-hydrogen) atoms. The van der Waals surface area contributed by atoms with E-state index in [0.717, 1.165) is 11.1 Å². The first-order chi connectivity index (χ1) is 4.90. The van der Waals surface area contributed by atoms with Crippen molar-refractivity contribution in [2.24, 2.45) is 0 Å². The number of rotatable bonds is 1. The molecule has 0 saturated heterocycles. The van der Waals surface area contributed by atoms with Gasteiger partial charge >= 0.3 is 0 Å². The van der Waals surface area contributed by atoms with Crippen molar-refractivity contribution in [3.05, 3.63) is 30.3 Å². The first-order valence-electron chi connectivity index (χ1n) is 3.26. The minimum Gasteiger partial charge on any atom is -0.496 e. The fourth-order valence-corrected chi connectivity index (χ4v) is 1.16. The summed E-state index contributed by atoms with van der Waals surface area (Å²) in [5.41, 5.74) is 0. The van der Waals surface area contributed by atoms with E-state index in [9.17, 15) is 0 Å². The molecule has 0 aliphatic rings. The van der Waals surface area contributed by atoms with Gasteiger partial charge in [0.2, 0.25) is 0 Å². The summed E-state index contributed by atoms with van der Waals surface area (Å²) in [5, 5.41) is 2.38. The molecule has 0 unspecified atom stereocenters. The van der Waals surface area contributed by atoms with Crippen LogP contribution in [0.5, 0.6) is 5.75 Å². The molecule has 3 aromatic carbocycles. The second-order valence-corrected chi connectivity index (χ2v) is 2.33. The van der Waals surface area contributed by atoms with Crippen molar-refractivity contribution >= 4 is 10.8 Å². The van der Waals surface area contributed by atoms with E-state index in [0.29, 0.717) is 0 Å². The molecule has 1 nitrogen and oxygen atoms in total. The predicted octanol–water partition coefficient (Wildman–Crippen LogP) is 2.29. The number of ether oxygens (including phenoxy) is 1. The highest BCUT2D eigenvalue weighted by Gasteiger charge is 1.97. The van der Waals surface area contributed by atoms with Gasteiger partial charge in [-0.2, -0.15) is 0 Å². The summed E-state index contributed by atoms with van der Waals surface area (Å²) in [6, 6.07) is 10.3. The molecule has 0 fully saturated rings. The molecule has 0 heterocycles. The van der Waals surface area contributed by atoms with Gasteiger partial charge in [0.25, 0.3) is 0 Å². The van der Waals surface area contributed by atoms with Crippen LogP contribution in [0.1, 0.15) is 0 Å². The maximum atomic E-state index is 5.13. The van der Waals surface area contributed by atoms with E-state index < -0.39 is 0 Å². The zero-order valence-electron chi connectivity index (χ0n) is 5.79. The van der Waals surface area contributed by atoms with Gasteiger partial charge in [0.05, 0.1) is 7.11 Å². The molecule has 0 spiro atoms. The zero-order chi connectivity index (χ0) is 6.97. The van der Waals surface area contributed by atoms with Crippen LogP contribution in [0.4, 0.5) is 0 Å². The van der Waals surface area contributed by atoms with Crippen LogP contribution in [0.25, 0.3) is 10.8 Å². The van der Waals surface area contributed by atoms with E-state index in [2.05, 4.69) is 24.3 Å². The average Bonchev–Trinajstić information content (AvgIpc) is 2.06. The van der Waals surface area contributed by atoms with E-state index in [1.54, 1.807) is 7.11 Å². The molecule has 0 saturated carbocycles. The Morgan fingerprint density at radius 3 is 2.10 bits per heavy atom. The lowest BCUT2D eigenvalue weighted by atomic mass is 10.1. The van der Waals surface area contributed by atoms with Crippen molar-refractivity contribution in [1.29, 1.82) is 0 Å². The lowest BCUT2D eigenvalue weighted by Crippen LogP contribution is -1.84. The molecular weight excluding hydrogens is 124 g/mol. The normalized spacial score (nSPS) is 10.5. The first kappa shape index (κ1) is 5.54. The van der Waals surface area contributed by atoms with E-state index in [1.165, 1.54) is 5.39 Å². The summed E-state index contributed by atoms with van der Waals surface area (Å²) in [5.74, 6) is 0.972. The third kappa shape index (κ3) is 0.637. The van der Waals surface area contributed by atoms with Gasteiger partial charge in [0, 0.05) is 5.39 Å². The quantitative estimate of drug-likeness (QED) is 0.578. The molecule has 50 valence electrons. The number of methoxy groups -OCH3 is 1. The highest BCUT2D eigenvalue weighted by molar-refractivity contribution is 5.76. The van der Waals surface area contributed by atoms with Gasteiger partial charge in [-0.3, -0.25) is 0 Å². The third-order valence-electron chi connectivity index (χ3n) is 1.71. The lowest BCUT2D eigenvalue weighted by Gasteiger charge is -2.04. The molecule has 3 aromatic rings. The third-order valence-corrected chi connectivity index (χ3v) is 1.71. The SMILES string of the molecule is COc1cc2ccc1cc2. The van der Waals surface area contributed by atoms with Gasteiger partial charge < -0.3 is 4.74 Å². The van der Waals surface area contributed by atoms with E-state index in [-0.39, 0.29) is 0 Å². The summed E-state index contributed by atoms with van der Waals surface area (Å²) in [4.78, 5) is 0. The molecule has 0 aromatic heterocycles. The fraction of sp³-hybridized carbons (Fsp3) is 0.111. The minimum absolute atomic E-state index is 0.972. The highest BCUT2D eigenvalue weighted by atomic mass is 16.5. The topological polar surface area (TPSA) is 9.23 Å². The molecule has 1 heteroatoms. The van der Waals surface area contributed by atoms with Crippen LogP contribution in [-0.4, -0.2) is 7.11 Å². The van der Waals surface area contributed by atoms with Gasteiger partial charge in [-0.15, -0.1) is 0 Å². The molecule has 0 amide bonds. The fourth-order valence-electron chi connectivity index (χ4n) is 1.16. The van der Waals surface area contributed by atoms with Crippen molar-refractivity contribution < 1.29 is 4.74 Å². The average molecular weight is 132 g/mol. The summed E-state index contributed by atoms with van der Waals surface area (Å²) in [6.45, 7) is 0. The van der Waals surface area contributed by atoms with Gasteiger partial charge in [-0.25, -0.2) is 0 Å². The van der Waals surface area contributed by atoms with Crippen molar-refractivity contribution in [3.8, 4) is 5.75 Å². The largest absolute Gasteiger partial charge is 0.496 e. The van der Waals surface area contributed by atoms with Crippen molar-refractivity contribution in [2.45, 2.75) is 0 Å². The van der Waals surface area contributed by atoms with Crippen molar-refractivity contribution in [2.75, 3.05) is 7.11 Å². The van der Waals surface area contributed by atoms with Crippen LogP contribution in [0.15, 0.2) is 30.3 Å². The van der Waals surface area contributed by atoms with E-state index >= 15 is 0 Å². The molecule has 2 bridgehead atoms. The van der Waals surface area contributed by atoms with E-state index in [4.69, 9.17) is 4.74 Å². The molecule has 0 aliphatic heterocycles. The van der Waals surface area contributed by atoms with Crippen LogP contribution in [0, 0.1) is 0 Å². The molecule has 3 rings (SSSR count). The Morgan fingerprint density at radius 1 is 1.10 bits per heavy atom. The van der Waals surface area contributed by atoms with Crippen molar-refractivity contribution in [3.63, 3.8) is 0 Å². The van der Waals surface area contributed by atoms with Gasteiger partial charge in [0.15, 0.2) is 0 Å². The summed E-state index contributed by atoms with van der Waals surface area (Å²) < 4.78 is 5.13. The second kappa shape index (κ2) is 1.87. The summed E-state index contributed by atoms with van der Waals surface area (Å²) in [7, 11) is 1.70. The van der Waals surface area contributed by atoms with Crippen LogP contribution in [-0.2, 0) is 0 Å². The van der Waals surface area contributed by atoms with Crippen LogP contribution in [0.2, 0.25) is 0 Å². The molecule has 0 radical (unpaired) electrons. The van der Waals surface area contributed by atoms with Gasteiger partial charge in [-0.1, -0.05) is 24.3 Å². The van der Waals surface area contributed by atoms with Crippen LogP contribution >= 0.6 is 0 Å². The maximum Gasteiger partial charge on any atom is 0.126 e. The molecular formula is C9H8O. The van der Waals surface area contributed by atoms with Crippen LogP contribution in [0.3, 0.4) is 0 Å². The Hall–Kier alpha value is -1.24.